The van der Waals surface area contributed by atoms with Gasteiger partial charge in [-0.3, -0.25) is 9.59 Å². The van der Waals surface area contributed by atoms with E-state index in [4.69, 9.17) is 0 Å². The summed E-state index contributed by atoms with van der Waals surface area (Å²) in [7, 11) is 0. The van der Waals surface area contributed by atoms with Crippen LogP contribution in [0.4, 0.5) is 0 Å². The number of rotatable bonds is 11. The third kappa shape index (κ3) is 8.23. The van der Waals surface area contributed by atoms with Crippen LogP contribution in [0.1, 0.15) is 37.8 Å². The molecule has 0 saturated heterocycles. The SMILES string of the molecule is CCCNC(=O)[C@H](C)N(Cc1ccc(Br)cc1)C(=O)CCSCc1ccccc1. The Morgan fingerprint density at radius 2 is 1.76 bits per heavy atom. The molecule has 4 nitrogen and oxygen atoms in total. The highest BCUT2D eigenvalue weighted by Gasteiger charge is 2.25. The van der Waals surface area contributed by atoms with Crippen molar-refractivity contribution in [1.82, 2.24) is 10.2 Å². The van der Waals surface area contributed by atoms with Gasteiger partial charge in [0.05, 0.1) is 0 Å². The number of halogens is 1. The van der Waals surface area contributed by atoms with Gasteiger partial charge in [0, 0.05) is 35.5 Å². The Morgan fingerprint density at radius 1 is 1.07 bits per heavy atom. The average Bonchev–Trinajstić information content (AvgIpc) is 2.74. The summed E-state index contributed by atoms with van der Waals surface area (Å²) in [4.78, 5) is 27.2. The standard InChI is InChI=1S/C23H29BrN2O2S/c1-3-14-25-23(28)18(2)26(16-19-9-11-21(24)12-10-19)22(27)13-15-29-17-20-7-5-4-6-8-20/h4-12,18H,3,13-17H2,1-2H3,(H,25,28)/t18-/m0/s1. The van der Waals surface area contributed by atoms with Gasteiger partial charge >= 0.3 is 0 Å². The van der Waals surface area contributed by atoms with E-state index >= 15 is 0 Å². The van der Waals surface area contributed by atoms with E-state index in [1.165, 1.54) is 5.56 Å². The quantitative estimate of drug-likeness (QED) is 0.463. The Bertz CT molecular complexity index is 768. The molecule has 0 bridgehead atoms. The lowest BCUT2D eigenvalue weighted by molar-refractivity contribution is -0.140. The van der Waals surface area contributed by atoms with E-state index in [1.54, 1.807) is 23.6 Å². The van der Waals surface area contributed by atoms with Crippen LogP contribution in [0.5, 0.6) is 0 Å². The first-order chi connectivity index (χ1) is 14.0. The van der Waals surface area contributed by atoms with Crippen molar-refractivity contribution in [3.8, 4) is 0 Å². The lowest BCUT2D eigenvalue weighted by atomic mass is 10.1. The molecule has 1 N–H and O–H groups in total. The second kappa shape index (κ2) is 12.7. The molecule has 0 heterocycles. The monoisotopic (exact) mass is 476 g/mol. The highest BCUT2D eigenvalue weighted by Crippen LogP contribution is 2.17. The van der Waals surface area contributed by atoms with Gasteiger partial charge in [-0.05, 0) is 36.6 Å². The van der Waals surface area contributed by atoms with Crippen molar-refractivity contribution in [1.29, 1.82) is 0 Å². The van der Waals surface area contributed by atoms with Crippen molar-refractivity contribution in [2.24, 2.45) is 0 Å². The van der Waals surface area contributed by atoms with Gasteiger partial charge in [0.15, 0.2) is 0 Å². The molecule has 1 atom stereocenters. The number of hydrogen-bond acceptors (Lipinski definition) is 3. The van der Waals surface area contributed by atoms with Crippen molar-refractivity contribution >= 4 is 39.5 Å². The van der Waals surface area contributed by atoms with Crippen LogP contribution in [0.2, 0.25) is 0 Å². The second-order valence-electron chi connectivity index (χ2n) is 6.90. The first kappa shape index (κ1) is 23.5. The number of carbonyl (C=O) groups is 2. The third-order valence-electron chi connectivity index (χ3n) is 4.55. The number of nitrogens with one attached hydrogen (secondary N) is 1. The molecule has 0 radical (unpaired) electrons. The minimum Gasteiger partial charge on any atom is -0.354 e. The van der Waals surface area contributed by atoms with Gasteiger partial charge in [-0.1, -0.05) is 65.3 Å². The largest absolute Gasteiger partial charge is 0.354 e. The van der Waals surface area contributed by atoms with Crippen LogP contribution >= 0.6 is 27.7 Å². The van der Waals surface area contributed by atoms with E-state index in [0.29, 0.717) is 19.5 Å². The molecule has 2 amide bonds. The zero-order valence-electron chi connectivity index (χ0n) is 17.1. The van der Waals surface area contributed by atoms with E-state index in [2.05, 4.69) is 33.4 Å². The molecule has 0 aromatic heterocycles. The normalized spacial score (nSPS) is 11.7. The number of amides is 2. The molecule has 0 saturated carbocycles. The van der Waals surface area contributed by atoms with Gasteiger partial charge in [0.25, 0.3) is 0 Å². The summed E-state index contributed by atoms with van der Waals surface area (Å²) in [5.41, 5.74) is 2.26. The van der Waals surface area contributed by atoms with E-state index in [9.17, 15) is 9.59 Å². The van der Waals surface area contributed by atoms with Gasteiger partial charge in [-0.2, -0.15) is 11.8 Å². The molecule has 156 valence electrons. The third-order valence-corrected chi connectivity index (χ3v) is 6.11. The zero-order chi connectivity index (χ0) is 21.1. The van der Waals surface area contributed by atoms with Crippen LogP contribution in [0.3, 0.4) is 0 Å². The summed E-state index contributed by atoms with van der Waals surface area (Å²) in [5, 5.41) is 2.91. The van der Waals surface area contributed by atoms with Crippen LogP contribution in [-0.4, -0.2) is 35.1 Å². The minimum absolute atomic E-state index is 0.00706. The lowest BCUT2D eigenvalue weighted by Crippen LogP contribution is -2.47. The molecule has 2 rings (SSSR count). The highest BCUT2D eigenvalue weighted by molar-refractivity contribution is 9.10. The summed E-state index contributed by atoms with van der Waals surface area (Å²) in [6, 6.07) is 17.6. The van der Waals surface area contributed by atoms with Crippen LogP contribution in [0, 0.1) is 0 Å². The smallest absolute Gasteiger partial charge is 0.242 e. The predicted molar refractivity (Wildman–Crippen MR) is 125 cm³/mol. The van der Waals surface area contributed by atoms with Crippen molar-refractivity contribution in [2.45, 2.75) is 45.0 Å². The van der Waals surface area contributed by atoms with Crippen molar-refractivity contribution in [3.05, 3.63) is 70.2 Å². The van der Waals surface area contributed by atoms with Crippen molar-refractivity contribution < 1.29 is 9.59 Å². The van der Waals surface area contributed by atoms with E-state index < -0.39 is 6.04 Å². The summed E-state index contributed by atoms with van der Waals surface area (Å²) >= 11 is 5.18. The minimum atomic E-state index is -0.503. The van der Waals surface area contributed by atoms with Crippen molar-refractivity contribution in [3.63, 3.8) is 0 Å². The van der Waals surface area contributed by atoms with E-state index in [0.717, 1.165) is 28.0 Å². The maximum atomic E-state index is 13.0. The summed E-state index contributed by atoms with van der Waals surface area (Å²) in [6.07, 6.45) is 1.29. The molecule has 0 aliphatic carbocycles. The molecule has 0 fully saturated rings. The van der Waals surface area contributed by atoms with Crippen LogP contribution in [0.25, 0.3) is 0 Å². The maximum Gasteiger partial charge on any atom is 0.242 e. The molecular formula is C23H29BrN2O2S. The Balaban J connectivity index is 1.97. The second-order valence-corrected chi connectivity index (χ2v) is 8.92. The molecule has 0 spiro atoms. The number of thioether (sulfide) groups is 1. The average molecular weight is 477 g/mol. The van der Waals surface area contributed by atoms with E-state index in [1.807, 2.05) is 49.4 Å². The van der Waals surface area contributed by atoms with Gasteiger partial charge < -0.3 is 10.2 Å². The maximum absolute atomic E-state index is 13.0. The Labute approximate surface area is 186 Å². The molecular weight excluding hydrogens is 448 g/mol. The summed E-state index contributed by atoms with van der Waals surface area (Å²) in [5.74, 6) is 1.52. The van der Waals surface area contributed by atoms with Crippen LogP contribution in [-0.2, 0) is 21.9 Å². The molecule has 6 heteroatoms. The van der Waals surface area contributed by atoms with Gasteiger partial charge in [-0.15, -0.1) is 0 Å². The van der Waals surface area contributed by atoms with Gasteiger partial charge in [0.2, 0.25) is 11.8 Å². The van der Waals surface area contributed by atoms with E-state index in [-0.39, 0.29) is 11.8 Å². The lowest BCUT2D eigenvalue weighted by Gasteiger charge is -2.29. The fraction of sp³-hybridized carbons (Fsp3) is 0.391. The van der Waals surface area contributed by atoms with Crippen molar-refractivity contribution in [2.75, 3.05) is 12.3 Å². The molecule has 2 aromatic carbocycles. The Morgan fingerprint density at radius 3 is 2.41 bits per heavy atom. The Hall–Kier alpha value is -1.79. The van der Waals surface area contributed by atoms with Gasteiger partial charge in [0.1, 0.15) is 6.04 Å². The Kier molecular flexibility index (Phi) is 10.3. The fourth-order valence-electron chi connectivity index (χ4n) is 2.83. The van der Waals surface area contributed by atoms with Gasteiger partial charge in [-0.25, -0.2) is 0 Å². The molecule has 29 heavy (non-hydrogen) atoms. The van der Waals surface area contributed by atoms with Crippen LogP contribution < -0.4 is 5.32 Å². The zero-order valence-corrected chi connectivity index (χ0v) is 19.5. The summed E-state index contributed by atoms with van der Waals surface area (Å²) in [6.45, 7) is 4.87. The first-order valence-corrected chi connectivity index (χ1v) is 11.9. The summed E-state index contributed by atoms with van der Waals surface area (Å²) < 4.78 is 0.991. The molecule has 0 unspecified atom stereocenters. The molecule has 0 aliphatic heterocycles. The number of nitrogens with zero attached hydrogens (tertiary/aromatic N) is 1. The topological polar surface area (TPSA) is 49.4 Å². The number of hydrogen-bond donors (Lipinski definition) is 1. The van der Waals surface area contributed by atoms with Crippen LogP contribution in [0.15, 0.2) is 59.1 Å². The number of benzene rings is 2. The molecule has 0 aliphatic rings. The predicted octanol–water partition coefficient (Wildman–Crippen LogP) is 5.02. The number of carbonyl (C=O) groups excluding carboxylic acids is 2. The first-order valence-electron chi connectivity index (χ1n) is 9.94. The molecule has 2 aromatic rings. The fourth-order valence-corrected chi connectivity index (χ4v) is 3.99. The highest BCUT2D eigenvalue weighted by atomic mass is 79.9.